The number of ether oxygens (including phenoxy) is 2. The van der Waals surface area contributed by atoms with E-state index in [0.29, 0.717) is 35.3 Å². The van der Waals surface area contributed by atoms with E-state index in [1.807, 2.05) is 18.2 Å². The molecule has 8 heteroatoms. The lowest BCUT2D eigenvalue weighted by Crippen LogP contribution is -2.40. The number of hydrogen-bond acceptors (Lipinski definition) is 6. The Morgan fingerprint density at radius 1 is 1.40 bits per heavy atom. The first-order chi connectivity index (χ1) is 12.1. The van der Waals surface area contributed by atoms with Gasteiger partial charge in [0.25, 0.3) is 0 Å². The average molecular weight is 398 g/mol. The zero-order valence-corrected chi connectivity index (χ0v) is 16.0. The van der Waals surface area contributed by atoms with Crippen molar-refractivity contribution in [3.63, 3.8) is 0 Å². The van der Waals surface area contributed by atoms with Crippen molar-refractivity contribution in [3.05, 3.63) is 39.5 Å². The van der Waals surface area contributed by atoms with Gasteiger partial charge in [-0.25, -0.2) is 0 Å². The van der Waals surface area contributed by atoms with E-state index in [4.69, 9.17) is 32.7 Å². The normalized spacial score (nSPS) is 16.2. The van der Waals surface area contributed by atoms with Gasteiger partial charge in [0, 0.05) is 35.8 Å². The number of anilines is 1. The molecule has 0 atom stereocenters. The first-order valence-electron chi connectivity index (χ1n) is 7.80. The van der Waals surface area contributed by atoms with Gasteiger partial charge in [0.2, 0.25) is 0 Å². The summed E-state index contributed by atoms with van der Waals surface area (Å²) in [5, 5.41) is 14.2. The number of methoxy groups -OCH3 is 1. The molecule has 1 N–H and O–H groups in total. The molecule has 0 radical (unpaired) electrons. The molecule has 1 aliphatic rings. The molecular formula is C17H17Cl2N3O2S. The zero-order chi connectivity index (χ0) is 17.9. The van der Waals surface area contributed by atoms with Crippen LogP contribution in [0.1, 0.15) is 24.0 Å². The van der Waals surface area contributed by atoms with E-state index in [2.05, 4.69) is 15.8 Å². The smallest absolute Gasteiger partial charge is 0.162 e. The number of aromatic nitrogens is 1. The van der Waals surface area contributed by atoms with Crippen LogP contribution in [0, 0.1) is 11.3 Å². The lowest BCUT2D eigenvalue weighted by Gasteiger charge is -2.38. The highest BCUT2D eigenvalue weighted by Gasteiger charge is 2.37. The molecule has 25 heavy (non-hydrogen) atoms. The standard InChI is InChI=1S/C17H17Cl2N3O2S/c1-23-14-3-2-11(18)8-13(14)17(4-6-24-7-5-17)10-21-16-12(9-20)15(19)22-25-16/h2-3,8,21H,4-7,10H2,1H3. The van der Waals surface area contributed by atoms with Crippen LogP contribution in [0.4, 0.5) is 5.00 Å². The molecule has 132 valence electrons. The van der Waals surface area contributed by atoms with Gasteiger partial charge in [-0.05, 0) is 42.6 Å². The van der Waals surface area contributed by atoms with Crippen LogP contribution in [0.2, 0.25) is 10.2 Å². The van der Waals surface area contributed by atoms with Crippen molar-refractivity contribution in [2.75, 3.05) is 32.2 Å². The van der Waals surface area contributed by atoms with Gasteiger partial charge < -0.3 is 14.8 Å². The van der Waals surface area contributed by atoms with Crippen molar-refractivity contribution in [1.82, 2.24) is 4.37 Å². The number of rotatable bonds is 5. The minimum absolute atomic E-state index is 0.211. The number of nitrogens with zero attached hydrogens (tertiary/aromatic N) is 2. The molecule has 0 spiro atoms. The van der Waals surface area contributed by atoms with Crippen molar-refractivity contribution in [2.45, 2.75) is 18.3 Å². The van der Waals surface area contributed by atoms with Gasteiger partial charge in [0.05, 0.1) is 7.11 Å². The molecule has 2 aromatic rings. The van der Waals surface area contributed by atoms with Crippen molar-refractivity contribution in [1.29, 1.82) is 5.26 Å². The van der Waals surface area contributed by atoms with Gasteiger partial charge in [-0.1, -0.05) is 23.2 Å². The third-order valence-corrected chi connectivity index (χ3v) is 5.95. The van der Waals surface area contributed by atoms with Crippen LogP contribution in [-0.4, -0.2) is 31.2 Å². The fourth-order valence-electron chi connectivity index (χ4n) is 3.14. The molecule has 1 aromatic heterocycles. The Morgan fingerprint density at radius 2 is 2.16 bits per heavy atom. The zero-order valence-electron chi connectivity index (χ0n) is 13.6. The number of hydrogen-bond donors (Lipinski definition) is 1. The monoisotopic (exact) mass is 397 g/mol. The van der Waals surface area contributed by atoms with Crippen LogP contribution < -0.4 is 10.1 Å². The maximum Gasteiger partial charge on any atom is 0.162 e. The molecule has 0 aliphatic carbocycles. The van der Waals surface area contributed by atoms with Gasteiger partial charge in [-0.15, -0.1) is 0 Å². The van der Waals surface area contributed by atoms with Gasteiger partial charge in [0.15, 0.2) is 5.15 Å². The maximum atomic E-state index is 9.26. The molecule has 0 amide bonds. The number of halogens is 2. The van der Waals surface area contributed by atoms with E-state index in [1.54, 1.807) is 7.11 Å². The lowest BCUT2D eigenvalue weighted by atomic mass is 9.73. The highest BCUT2D eigenvalue weighted by Crippen LogP contribution is 2.42. The van der Waals surface area contributed by atoms with Gasteiger partial charge in [0.1, 0.15) is 22.4 Å². The highest BCUT2D eigenvalue weighted by molar-refractivity contribution is 7.10. The molecule has 1 aliphatic heterocycles. The van der Waals surface area contributed by atoms with Gasteiger partial charge in [-0.2, -0.15) is 9.64 Å². The Hall–Kier alpha value is -1.52. The fourth-order valence-corrected chi connectivity index (χ4v) is 4.24. The SMILES string of the molecule is COc1ccc(Cl)cc1C1(CNc2snc(Cl)c2C#N)CCOCC1. The highest BCUT2D eigenvalue weighted by atomic mass is 35.5. The average Bonchev–Trinajstić information content (AvgIpc) is 3.00. The fraction of sp³-hybridized carbons (Fsp3) is 0.412. The first kappa shape index (κ1) is 18.3. The second-order valence-corrected chi connectivity index (χ2v) is 7.45. The topological polar surface area (TPSA) is 67.2 Å². The van der Waals surface area contributed by atoms with Gasteiger partial charge in [-0.3, -0.25) is 0 Å². The maximum absolute atomic E-state index is 9.26. The summed E-state index contributed by atoms with van der Waals surface area (Å²) < 4.78 is 15.2. The predicted molar refractivity (Wildman–Crippen MR) is 100 cm³/mol. The third-order valence-electron chi connectivity index (χ3n) is 4.53. The molecule has 1 aromatic carbocycles. The van der Waals surface area contributed by atoms with E-state index in [9.17, 15) is 5.26 Å². The Labute approximate surface area is 160 Å². The second kappa shape index (κ2) is 7.79. The predicted octanol–water partition coefficient (Wildman–Crippen LogP) is 4.49. The Bertz CT molecular complexity index is 798. The van der Waals surface area contributed by atoms with E-state index in [1.165, 1.54) is 11.5 Å². The third kappa shape index (κ3) is 3.70. The van der Waals surface area contributed by atoms with Crippen LogP contribution in [0.5, 0.6) is 5.75 Å². The first-order valence-corrected chi connectivity index (χ1v) is 9.33. The van der Waals surface area contributed by atoms with Crippen molar-refractivity contribution in [2.24, 2.45) is 0 Å². The summed E-state index contributed by atoms with van der Waals surface area (Å²) in [5.74, 6) is 0.802. The summed E-state index contributed by atoms with van der Waals surface area (Å²) in [6.07, 6.45) is 1.65. The Morgan fingerprint density at radius 3 is 2.84 bits per heavy atom. The summed E-state index contributed by atoms with van der Waals surface area (Å²) in [7, 11) is 1.66. The molecule has 0 saturated carbocycles. The molecule has 5 nitrogen and oxygen atoms in total. The number of benzene rings is 1. The van der Waals surface area contributed by atoms with Crippen LogP contribution in [-0.2, 0) is 10.2 Å². The molecule has 0 unspecified atom stereocenters. The summed E-state index contributed by atoms with van der Waals surface area (Å²) in [6, 6.07) is 7.76. The molecule has 1 fully saturated rings. The van der Waals surface area contributed by atoms with Crippen molar-refractivity contribution in [3.8, 4) is 11.8 Å². The summed E-state index contributed by atoms with van der Waals surface area (Å²) in [4.78, 5) is 0. The van der Waals surface area contributed by atoms with E-state index >= 15 is 0 Å². The van der Waals surface area contributed by atoms with Crippen LogP contribution in [0.15, 0.2) is 18.2 Å². The summed E-state index contributed by atoms with van der Waals surface area (Å²) in [6.45, 7) is 1.93. The van der Waals surface area contributed by atoms with E-state index < -0.39 is 0 Å². The van der Waals surface area contributed by atoms with E-state index in [0.717, 1.165) is 24.2 Å². The molecule has 2 heterocycles. The number of nitrogens with one attached hydrogen (secondary N) is 1. The minimum Gasteiger partial charge on any atom is -0.496 e. The minimum atomic E-state index is -0.211. The van der Waals surface area contributed by atoms with Crippen LogP contribution in [0.3, 0.4) is 0 Å². The summed E-state index contributed by atoms with van der Waals surface area (Å²) in [5.41, 5.74) is 1.22. The van der Waals surface area contributed by atoms with Crippen molar-refractivity contribution < 1.29 is 9.47 Å². The van der Waals surface area contributed by atoms with E-state index in [-0.39, 0.29) is 10.6 Å². The Balaban J connectivity index is 1.94. The van der Waals surface area contributed by atoms with Gasteiger partial charge >= 0.3 is 0 Å². The lowest BCUT2D eigenvalue weighted by molar-refractivity contribution is 0.0536. The molecule has 1 saturated heterocycles. The molecule has 3 rings (SSSR count). The Kier molecular flexibility index (Phi) is 5.70. The largest absolute Gasteiger partial charge is 0.496 e. The second-order valence-electron chi connectivity index (χ2n) is 5.88. The van der Waals surface area contributed by atoms with Crippen LogP contribution >= 0.6 is 34.7 Å². The number of nitriles is 1. The molecular weight excluding hydrogens is 381 g/mol. The van der Waals surface area contributed by atoms with Crippen LogP contribution in [0.25, 0.3) is 0 Å². The summed E-state index contributed by atoms with van der Waals surface area (Å²) >= 11 is 13.4. The molecule has 0 bridgehead atoms. The van der Waals surface area contributed by atoms with Crippen molar-refractivity contribution >= 4 is 39.7 Å². The quantitative estimate of drug-likeness (QED) is 0.804.